The summed E-state index contributed by atoms with van der Waals surface area (Å²) in [6, 6.07) is 0.569. The standard InChI is InChI=1S/C12H22N4O2/c1-9(17-3)12-14-11(18-15-12)8-16-6-4-5-10(7-16)13-2/h9-10,13H,4-8H2,1-3H3. The van der Waals surface area contributed by atoms with Crippen molar-refractivity contribution in [2.24, 2.45) is 0 Å². The molecule has 1 saturated heterocycles. The van der Waals surface area contributed by atoms with Crippen molar-refractivity contribution in [2.45, 2.75) is 38.5 Å². The van der Waals surface area contributed by atoms with Crippen LogP contribution in [0, 0.1) is 0 Å². The van der Waals surface area contributed by atoms with E-state index in [0.717, 1.165) is 19.6 Å². The smallest absolute Gasteiger partial charge is 0.240 e. The van der Waals surface area contributed by atoms with Gasteiger partial charge in [0.1, 0.15) is 6.10 Å². The molecule has 2 rings (SSSR count). The zero-order valence-electron chi connectivity index (χ0n) is 11.3. The molecule has 0 aliphatic carbocycles. The predicted octanol–water partition coefficient (Wildman–Crippen LogP) is 0.961. The second kappa shape index (κ2) is 6.26. The topological polar surface area (TPSA) is 63.4 Å². The number of piperidine rings is 1. The molecule has 2 unspecified atom stereocenters. The van der Waals surface area contributed by atoms with Crippen molar-refractivity contribution in [1.29, 1.82) is 0 Å². The van der Waals surface area contributed by atoms with Crippen molar-refractivity contribution in [3.8, 4) is 0 Å². The SMILES string of the molecule is CNC1CCCN(Cc2nc(C(C)OC)no2)C1. The van der Waals surface area contributed by atoms with Gasteiger partial charge < -0.3 is 14.6 Å². The monoisotopic (exact) mass is 254 g/mol. The molecular weight excluding hydrogens is 232 g/mol. The Morgan fingerprint density at radius 3 is 3.17 bits per heavy atom. The normalized spacial score (nSPS) is 23.2. The van der Waals surface area contributed by atoms with Crippen LogP contribution in [0.2, 0.25) is 0 Å². The molecule has 1 aliphatic heterocycles. The summed E-state index contributed by atoms with van der Waals surface area (Å²) >= 11 is 0. The Morgan fingerprint density at radius 2 is 2.44 bits per heavy atom. The highest BCUT2D eigenvalue weighted by Gasteiger charge is 2.21. The summed E-state index contributed by atoms with van der Waals surface area (Å²) in [6.07, 6.45) is 2.33. The molecule has 2 atom stereocenters. The Balaban J connectivity index is 1.90. The molecule has 0 radical (unpaired) electrons. The zero-order chi connectivity index (χ0) is 13.0. The highest BCUT2D eigenvalue weighted by atomic mass is 16.5. The maximum atomic E-state index is 5.26. The van der Waals surface area contributed by atoms with E-state index in [-0.39, 0.29) is 6.10 Å². The van der Waals surface area contributed by atoms with Gasteiger partial charge in [-0.15, -0.1) is 0 Å². The van der Waals surface area contributed by atoms with E-state index in [0.29, 0.717) is 17.8 Å². The maximum Gasteiger partial charge on any atom is 0.240 e. The van der Waals surface area contributed by atoms with Gasteiger partial charge in [0.2, 0.25) is 5.89 Å². The Bertz CT molecular complexity index is 369. The van der Waals surface area contributed by atoms with Crippen molar-refractivity contribution in [2.75, 3.05) is 27.2 Å². The molecule has 0 bridgehead atoms. The van der Waals surface area contributed by atoms with Gasteiger partial charge in [-0.3, -0.25) is 4.90 Å². The fourth-order valence-electron chi connectivity index (χ4n) is 2.23. The number of hydrogen-bond donors (Lipinski definition) is 1. The molecule has 6 heteroatoms. The van der Waals surface area contributed by atoms with Crippen LogP contribution in [0.5, 0.6) is 0 Å². The lowest BCUT2D eigenvalue weighted by atomic mass is 10.1. The number of nitrogens with zero attached hydrogens (tertiary/aromatic N) is 3. The lowest BCUT2D eigenvalue weighted by Crippen LogP contribution is -2.43. The van der Waals surface area contributed by atoms with Gasteiger partial charge in [-0.2, -0.15) is 4.98 Å². The average Bonchev–Trinajstić information content (AvgIpc) is 2.86. The molecule has 0 aromatic carbocycles. The molecule has 0 spiro atoms. The summed E-state index contributed by atoms with van der Waals surface area (Å²) in [5, 5.41) is 7.26. The molecule has 1 aromatic heterocycles. The lowest BCUT2D eigenvalue weighted by Gasteiger charge is -2.31. The van der Waals surface area contributed by atoms with E-state index in [1.807, 2.05) is 14.0 Å². The molecule has 6 nitrogen and oxygen atoms in total. The predicted molar refractivity (Wildman–Crippen MR) is 67.1 cm³/mol. The van der Waals surface area contributed by atoms with E-state index in [1.54, 1.807) is 7.11 Å². The third kappa shape index (κ3) is 3.28. The maximum absolute atomic E-state index is 5.26. The van der Waals surface area contributed by atoms with Crippen LogP contribution in [0.25, 0.3) is 0 Å². The quantitative estimate of drug-likeness (QED) is 0.844. The molecule has 0 saturated carbocycles. The third-order valence-corrected chi connectivity index (χ3v) is 3.47. The van der Waals surface area contributed by atoms with Crippen molar-refractivity contribution in [3.05, 3.63) is 11.7 Å². The van der Waals surface area contributed by atoms with Crippen LogP contribution >= 0.6 is 0 Å². The summed E-state index contributed by atoms with van der Waals surface area (Å²) in [4.78, 5) is 6.71. The largest absolute Gasteiger partial charge is 0.374 e. The van der Waals surface area contributed by atoms with Gasteiger partial charge in [0.25, 0.3) is 0 Å². The highest BCUT2D eigenvalue weighted by molar-refractivity contribution is 4.90. The minimum absolute atomic E-state index is 0.117. The number of aromatic nitrogens is 2. The van der Waals surface area contributed by atoms with Crippen LogP contribution in [0.3, 0.4) is 0 Å². The summed E-state index contributed by atoms with van der Waals surface area (Å²) in [5.74, 6) is 1.29. The average molecular weight is 254 g/mol. The summed E-state index contributed by atoms with van der Waals surface area (Å²) in [6.45, 7) is 4.76. The first-order chi connectivity index (χ1) is 8.72. The number of hydrogen-bond acceptors (Lipinski definition) is 6. The number of likely N-dealkylation sites (tertiary alicyclic amines) is 1. The van der Waals surface area contributed by atoms with Crippen LogP contribution < -0.4 is 5.32 Å². The minimum Gasteiger partial charge on any atom is -0.374 e. The molecule has 1 aromatic rings. The van der Waals surface area contributed by atoms with Crippen LogP contribution in [0.15, 0.2) is 4.52 Å². The van der Waals surface area contributed by atoms with E-state index in [2.05, 4.69) is 20.4 Å². The molecule has 1 N–H and O–H groups in total. The van der Waals surface area contributed by atoms with Gasteiger partial charge in [0.15, 0.2) is 5.82 Å². The van der Waals surface area contributed by atoms with Gasteiger partial charge in [-0.05, 0) is 33.4 Å². The van der Waals surface area contributed by atoms with Gasteiger partial charge in [0.05, 0.1) is 6.54 Å². The molecule has 1 aliphatic rings. The fourth-order valence-corrected chi connectivity index (χ4v) is 2.23. The van der Waals surface area contributed by atoms with Crippen molar-refractivity contribution < 1.29 is 9.26 Å². The molecular formula is C12H22N4O2. The molecule has 2 heterocycles. The number of rotatable bonds is 5. The fraction of sp³-hybridized carbons (Fsp3) is 0.833. The minimum atomic E-state index is -0.117. The van der Waals surface area contributed by atoms with Crippen LogP contribution in [-0.2, 0) is 11.3 Å². The number of methoxy groups -OCH3 is 1. The van der Waals surface area contributed by atoms with E-state index >= 15 is 0 Å². The van der Waals surface area contributed by atoms with E-state index in [9.17, 15) is 0 Å². The first kappa shape index (κ1) is 13.5. The van der Waals surface area contributed by atoms with Gasteiger partial charge in [0, 0.05) is 19.7 Å². The molecule has 1 fully saturated rings. The Kier molecular flexibility index (Phi) is 4.68. The molecule has 18 heavy (non-hydrogen) atoms. The zero-order valence-corrected chi connectivity index (χ0v) is 11.3. The summed E-state index contributed by atoms with van der Waals surface area (Å²) < 4.78 is 10.4. The Morgan fingerprint density at radius 1 is 1.61 bits per heavy atom. The molecule has 0 amide bonds. The van der Waals surface area contributed by atoms with E-state index < -0.39 is 0 Å². The van der Waals surface area contributed by atoms with Crippen LogP contribution in [-0.4, -0.2) is 48.3 Å². The van der Waals surface area contributed by atoms with Crippen molar-refractivity contribution >= 4 is 0 Å². The first-order valence-corrected chi connectivity index (χ1v) is 6.47. The van der Waals surface area contributed by atoms with Crippen molar-refractivity contribution in [1.82, 2.24) is 20.4 Å². The second-order valence-corrected chi connectivity index (χ2v) is 4.79. The lowest BCUT2D eigenvalue weighted by molar-refractivity contribution is 0.109. The van der Waals surface area contributed by atoms with Gasteiger partial charge in [-0.25, -0.2) is 0 Å². The van der Waals surface area contributed by atoms with Crippen molar-refractivity contribution in [3.63, 3.8) is 0 Å². The van der Waals surface area contributed by atoms with E-state index in [1.165, 1.54) is 12.8 Å². The molecule has 102 valence electrons. The second-order valence-electron chi connectivity index (χ2n) is 4.79. The summed E-state index contributed by atoms with van der Waals surface area (Å²) in [5.41, 5.74) is 0. The summed E-state index contributed by atoms with van der Waals surface area (Å²) in [7, 11) is 3.65. The first-order valence-electron chi connectivity index (χ1n) is 6.47. The van der Waals surface area contributed by atoms with Gasteiger partial charge in [-0.1, -0.05) is 5.16 Å². The number of nitrogens with one attached hydrogen (secondary N) is 1. The Labute approximate surface area is 108 Å². The number of likely N-dealkylation sites (N-methyl/N-ethyl adjacent to an activating group) is 1. The number of ether oxygens (including phenoxy) is 1. The highest BCUT2D eigenvalue weighted by Crippen LogP contribution is 2.15. The van der Waals surface area contributed by atoms with Crippen LogP contribution in [0.1, 0.15) is 37.6 Å². The Hall–Kier alpha value is -0.980. The van der Waals surface area contributed by atoms with Gasteiger partial charge >= 0.3 is 0 Å². The third-order valence-electron chi connectivity index (χ3n) is 3.47. The van der Waals surface area contributed by atoms with E-state index in [4.69, 9.17) is 9.26 Å². The van der Waals surface area contributed by atoms with Crippen LogP contribution in [0.4, 0.5) is 0 Å².